The van der Waals surface area contributed by atoms with Crippen molar-refractivity contribution in [2.75, 3.05) is 47.5 Å². The number of phosphoric acid groups is 1. The number of hydrogen-bond donors (Lipinski definition) is 1. The molecule has 0 aliphatic heterocycles. The van der Waals surface area contributed by atoms with Gasteiger partial charge < -0.3 is 18.9 Å². The predicted molar refractivity (Wildman–Crippen MR) is 409 cm³/mol. The second-order valence-electron chi connectivity index (χ2n) is 30.6. The zero-order valence-electron chi connectivity index (χ0n) is 64.3. The van der Waals surface area contributed by atoms with Crippen LogP contribution in [0.2, 0.25) is 0 Å². The van der Waals surface area contributed by atoms with Gasteiger partial charge in [0.05, 0.1) is 27.7 Å². The number of likely N-dealkylation sites (N-methyl/N-ethyl adjacent to an activating group) is 1. The van der Waals surface area contributed by atoms with Gasteiger partial charge in [0.15, 0.2) is 6.10 Å². The SMILES string of the molecule is CCCCCCCCCC/C=C\CCCCCCCCCCCCCCCCCCCCCCCCCCCCCC(=O)OC(COC(=O)CCCCCCCCCCCCCCCCCCCCCCCCCCCCCCCCC)COP(=O)(O)OCC[N+](C)(C)C. The Morgan fingerprint density at radius 3 is 0.787 bits per heavy atom. The molecule has 9 nitrogen and oxygen atoms in total. The Morgan fingerprint density at radius 1 is 0.319 bits per heavy atom. The minimum Gasteiger partial charge on any atom is -0.462 e. The molecular weight excluding hydrogens is 1180 g/mol. The van der Waals surface area contributed by atoms with Crippen LogP contribution in [-0.2, 0) is 32.7 Å². The first-order valence-electron chi connectivity index (χ1n) is 42.4. The van der Waals surface area contributed by atoms with Crippen LogP contribution in [0.3, 0.4) is 0 Å². The second kappa shape index (κ2) is 75.9. The summed E-state index contributed by atoms with van der Waals surface area (Å²) in [6.07, 6.45) is 96.8. The maximum absolute atomic E-state index is 12.9. The van der Waals surface area contributed by atoms with Crippen molar-refractivity contribution in [3.8, 4) is 0 Å². The van der Waals surface area contributed by atoms with Crippen LogP contribution in [-0.4, -0.2) is 74.9 Å². The third-order valence-electron chi connectivity index (χ3n) is 19.8. The van der Waals surface area contributed by atoms with Crippen LogP contribution >= 0.6 is 7.82 Å². The first kappa shape index (κ1) is 92.8. The molecule has 0 bridgehead atoms. The summed E-state index contributed by atoms with van der Waals surface area (Å²) in [7, 11) is 1.51. The standard InChI is InChI=1S/C84H166NO8P/c1-6-8-10-12-14-16-18-20-22-24-26-28-30-32-34-36-38-39-40-41-42-43-44-45-47-49-51-53-55-57-59-61-63-65-67-69-71-73-75-77-84(87)93-82(81-92-94(88,89)91-79-78-85(3,4)5)80-90-83(86)76-74-72-70-68-66-64-62-60-58-56-54-52-50-48-46-37-35-33-31-29-27-25-23-21-19-17-15-13-11-9-7-2/h24,26,82H,6-23,25,27-81H2,1-5H3/p+1/b26-24-. The van der Waals surface area contributed by atoms with Gasteiger partial charge in [0.25, 0.3) is 0 Å². The van der Waals surface area contributed by atoms with Crippen molar-refractivity contribution in [3.63, 3.8) is 0 Å². The Labute approximate surface area is 587 Å². The van der Waals surface area contributed by atoms with Gasteiger partial charge in [-0.25, -0.2) is 4.57 Å². The summed E-state index contributed by atoms with van der Waals surface area (Å²) in [5.74, 6) is -0.765. The molecule has 0 amide bonds. The van der Waals surface area contributed by atoms with Crippen LogP contribution in [0.1, 0.15) is 463 Å². The van der Waals surface area contributed by atoms with Crippen LogP contribution in [0.15, 0.2) is 12.2 Å². The quantitative estimate of drug-likeness (QED) is 0.0211. The zero-order chi connectivity index (χ0) is 68.3. The lowest BCUT2D eigenvalue weighted by Gasteiger charge is -2.24. The normalized spacial score (nSPS) is 13.0. The monoisotopic (exact) mass is 1350 g/mol. The molecule has 0 fully saturated rings. The molecule has 0 aliphatic rings. The highest BCUT2D eigenvalue weighted by molar-refractivity contribution is 7.47. The number of allylic oxidation sites excluding steroid dienone is 2. The van der Waals surface area contributed by atoms with E-state index in [0.29, 0.717) is 17.4 Å². The third-order valence-corrected chi connectivity index (χ3v) is 20.8. The Morgan fingerprint density at radius 2 is 0.543 bits per heavy atom. The molecule has 10 heteroatoms. The fourth-order valence-corrected chi connectivity index (χ4v) is 14.1. The van der Waals surface area contributed by atoms with Crippen molar-refractivity contribution >= 4 is 19.8 Å². The van der Waals surface area contributed by atoms with Crippen LogP contribution in [0, 0.1) is 0 Å². The summed E-state index contributed by atoms with van der Waals surface area (Å²) in [4.78, 5) is 36.0. The van der Waals surface area contributed by atoms with Crippen molar-refractivity contribution < 1.29 is 42.1 Å². The van der Waals surface area contributed by atoms with Crippen molar-refractivity contribution in [1.29, 1.82) is 0 Å². The van der Waals surface area contributed by atoms with E-state index in [1.165, 1.54) is 398 Å². The average molecular weight is 1350 g/mol. The van der Waals surface area contributed by atoms with E-state index in [9.17, 15) is 19.0 Å². The molecule has 2 unspecified atom stereocenters. The molecule has 0 saturated heterocycles. The summed E-state index contributed by atoms with van der Waals surface area (Å²) < 4.78 is 34.9. The molecule has 0 aromatic heterocycles. The summed E-state index contributed by atoms with van der Waals surface area (Å²) in [6.45, 7) is 4.54. The van der Waals surface area contributed by atoms with Crippen molar-refractivity contribution in [3.05, 3.63) is 12.2 Å². The molecule has 1 N–H and O–H groups in total. The lowest BCUT2D eigenvalue weighted by molar-refractivity contribution is -0.870. The molecule has 2 atom stereocenters. The summed E-state index contributed by atoms with van der Waals surface area (Å²) in [5.41, 5.74) is 0. The smallest absolute Gasteiger partial charge is 0.462 e. The number of rotatable bonds is 81. The van der Waals surface area contributed by atoms with Gasteiger partial charge in [-0.1, -0.05) is 424 Å². The minimum absolute atomic E-state index is 0.0372. The number of carbonyl (C=O) groups excluding carboxylic acids is 2. The number of hydrogen-bond acceptors (Lipinski definition) is 7. The minimum atomic E-state index is -4.39. The Bertz CT molecular complexity index is 1590. The van der Waals surface area contributed by atoms with Crippen molar-refractivity contribution in [1.82, 2.24) is 0 Å². The van der Waals surface area contributed by atoms with Gasteiger partial charge in [-0.2, -0.15) is 0 Å². The molecule has 0 aromatic rings. The Kier molecular flexibility index (Phi) is 74.9. The van der Waals surface area contributed by atoms with E-state index in [1.807, 2.05) is 21.1 Å². The van der Waals surface area contributed by atoms with Gasteiger partial charge in [0.1, 0.15) is 19.8 Å². The van der Waals surface area contributed by atoms with E-state index in [1.54, 1.807) is 0 Å². The number of phosphoric ester groups is 1. The number of carbonyl (C=O) groups is 2. The fourth-order valence-electron chi connectivity index (χ4n) is 13.3. The van der Waals surface area contributed by atoms with Gasteiger partial charge in [0, 0.05) is 12.8 Å². The molecular formula is C84H167NO8P+. The third kappa shape index (κ3) is 79.7. The molecule has 94 heavy (non-hydrogen) atoms. The zero-order valence-corrected chi connectivity index (χ0v) is 65.2. The lowest BCUT2D eigenvalue weighted by Crippen LogP contribution is -2.37. The number of esters is 2. The van der Waals surface area contributed by atoms with E-state index < -0.39 is 26.5 Å². The molecule has 0 radical (unpaired) electrons. The second-order valence-corrected chi connectivity index (χ2v) is 32.0. The van der Waals surface area contributed by atoms with Crippen LogP contribution in [0.4, 0.5) is 0 Å². The Hall–Kier alpha value is -1.25. The number of unbranched alkanes of at least 4 members (excludes halogenated alkanes) is 65. The van der Waals surface area contributed by atoms with E-state index in [-0.39, 0.29) is 25.6 Å². The van der Waals surface area contributed by atoms with Gasteiger partial charge in [-0.05, 0) is 38.5 Å². The lowest BCUT2D eigenvalue weighted by atomic mass is 10.0. The number of ether oxygens (including phenoxy) is 2. The van der Waals surface area contributed by atoms with E-state index >= 15 is 0 Å². The largest absolute Gasteiger partial charge is 0.472 e. The van der Waals surface area contributed by atoms with Crippen LogP contribution in [0.5, 0.6) is 0 Å². The summed E-state index contributed by atoms with van der Waals surface area (Å²) >= 11 is 0. The molecule has 0 saturated carbocycles. The highest BCUT2D eigenvalue weighted by Crippen LogP contribution is 2.43. The summed E-state index contributed by atoms with van der Waals surface area (Å²) in [5, 5.41) is 0. The molecule has 0 rings (SSSR count). The molecule has 0 aliphatic carbocycles. The van der Waals surface area contributed by atoms with Crippen LogP contribution in [0.25, 0.3) is 0 Å². The molecule has 0 aromatic carbocycles. The van der Waals surface area contributed by atoms with E-state index in [4.69, 9.17) is 18.5 Å². The fraction of sp³-hybridized carbons (Fsp3) is 0.952. The van der Waals surface area contributed by atoms with Crippen molar-refractivity contribution in [2.24, 2.45) is 0 Å². The average Bonchev–Trinajstić information content (AvgIpc) is 1.56. The number of quaternary nitrogens is 1. The Balaban J connectivity index is 3.85. The van der Waals surface area contributed by atoms with E-state index in [0.717, 1.165) is 38.5 Å². The van der Waals surface area contributed by atoms with Gasteiger partial charge in [-0.15, -0.1) is 0 Å². The maximum Gasteiger partial charge on any atom is 0.472 e. The predicted octanol–water partition coefficient (Wildman–Crippen LogP) is 28.2. The van der Waals surface area contributed by atoms with Crippen molar-refractivity contribution in [2.45, 2.75) is 469 Å². The topological polar surface area (TPSA) is 108 Å². The highest BCUT2D eigenvalue weighted by atomic mass is 31.2. The summed E-state index contributed by atoms with van der Waals surface area (Å²) in [6, 6.07) is 0. The first-order chi connectivity index (χ1) is 46.0. The number of nitrogens with zero attached hydrogens (tertiary/aromatic N) is 1. The van der Waals surface area contributed by atoms with Gasteiger partial charge in [0.2, 0.25) is 0 Å². The molecule has 0 spiro atoms. The van der Waals surface area contributed by atoms with Gasteiger partial charge in [-0.3, -0.25) is 18.6 Å². The molecule has 0 heterocycles. The van der Waals surface area contributed by atoms with E-state index in [2.05, 4.69) is 26.0 Å². The van der Waals surface area contributed by atoms with Gasteiger partial charge >= 0.3 is 19.8 Å². The maximum atomic E-state index is 12.9. The highest BCUT2D eigenvalue weighted by Gasteiger charge is 2.27. The van der Waals surface area contributed by atoms with Crippen LogP contribution < -0.4 is 0 Å². The molecule has 560 valence electrons. The first-order valence-corrected chi connectivity index (χ1v) is 43.9.